The Morgan fingerprint density at radius 2 is 2.33 bits per heavy atom. The van der Waals surface area contributed by atoms with Gasteiger partial charge in [-0.1, -0.05) is 6.92 Å². The van der Waals surface area contributed by atoms with Crippen LogP contribution in [0, 0.1) is 0 Å². The molecule has 9 heavy (non-hydrogen) atoms. The van der Waals surface area contributed by atoms with Gasteiger partial charge in [0, 0.05) is 19.3 Å². The van der Waals surface area contributed by atoms with E-state index in [9.17, 15) is 0 Å². The van der Waals surface area contributed by atoms with Crippen molar-refractivity contribution in [3.05, 3.63) is 0 Å². The Morgan fingerprint density at radius 3 is 2.89 bits per heavy atom. The van der Waals surface area contributed by atoms with Crippen molar-refractivity contribution in [3.63, 3.8) is 0 Å². The van der Waals surface area contributed by atoms with E-state index in [1.165, 1.54) is 38.6 Å². The van der Waals surface area contributed by atoms with Crippen LogP contribution in [0.25, 0.3) is 0 Å². The molecule has 0 bridgehead atoms. The van der Waals surface area contributed by atoms with Crippen molar-refractivity contribution >= 4 is 5.71 Å². The van der Waals surface area contributed by atoms with Gasteiger partial charge in [0.05, 0.1) is 0 Å². The Labute approximate surface area is 57.2 Å². The van der Waals surface area contributed by atoms with Crippen LogP contribution in [0.3, 0.4) is 0 Å². The molecule has 0 fully saturated rings. The van der Waals surface area contributed by atoms with Crippen LogP contribution >= 0.6 is 0 Å². The Bertz CT molecular complexity index is 105. The van der Waals surface area contributed by atoms with Gasteiger partial charge in [-0.3, -0.25) is 0 Å². The first-order valence-electron chi connectivity index (χ1n) is 4.02. The Balaban J connectivity index is 2.28. The topological polar surface area (TPSA) is 14.0 Å². The van der Waals surface area contributed by atoms with E-state index < -0.39 is 0 Å². The Morgan fingerprint density at radius 1 is 1.44 bits per heavy atom. The van der Waals surface area contributed by atoms with Gasteiger partial charge in [0.15, 0.2) is 5.71 Å². The smallest absolute Gasteiger partial charge is 0.150 e. The van der Waals surface area contributed by atoms with Crippen LogP contribution in [0.1, 0.15) is 39.0 Å². The molecule has 1 aliphatic heterocycles. The molecule has 0 spiro atoms. The molecule has 1 aliphatic rings. The summed E-state index contributed by atoms with van der Waals surface area (Å²) in [5.74, 6) is 0. The second-order valence-corrected chi connectivity index (χ2v) is 2.74. The summed E-state index contributed by atoms with van der Waals surface area (Å²) in [7, 11) is 0. The molecule has 0 unspecified atom stereocenters. The minimum absolute atomic E-state index is 1.22. The summed E-state index contributed by atoms with van der Waals surface area (Å²) < 4.78 is 0. The maximum atomic E-state index is 3.44. The van der Waals surface area contributed by atoms with Crippen LogP contribution in [-0.2, 0) is 0 Å². The minimum Gasteiger partial charge on any atom is -0.249 e. The molecule has 1 heteroatoms. The minimum atomic E-state index is 1.22. The molecule has 0 aromatic rings. The van der Waals surface area contributed by atoms with Gasteiger partial charge in [0.25, 0.3) is 0 Å². The van der Waals surface area contributed by atoms with Gasteiger partial charge >= 0.3 is 0 Å². The number of rotatable bonds is 2. The SMILES string of the molecule is CCCC1=[NH+]CCCC1. The van der Waals surface area contributed by atoms with Crippen LogP contribution < -0.4 is 4.99 Å². The second kappa shape index (κ2) is 3.65. The Hall–Kier alpha value is -0.330. The van der Waals surface area contributed by atoms with E-state index >= 15 is 0 Å². The monoisotopic (exact) mass is 126 g/mol. The van der Waals surface area contributed by atoms with Gasteiger partial charge in [-0.2, -0.15) is 0 Å². The fraction of sp³-hybridized carbons (Fsp3) is 0.875. The van der Waals surface area contributed by atoms with Crippen molar-refractivity contribution in [2.75, 3.05) is 6.54 Å². The van der Waals surface area contributed by atoms with E-state index in [1.807, 2.05) is 0 Å². The number of nitrogens with one attached hydrogen (secondary N) is 1. The molecule has 0 aromatic heterocycles. The average molecular weight is 126 g/mol. The van der Waals surface area contributed by atoms with E-state index in [4.69, 9.17) is 0 Å². The van der Waals surface area contributed by atoms with Crippen LogP contribution in [0.4, 0.5) is 0 Å². The zero-order chi connectivity index (χ0) is 6.53. The third kappa shape index (κ3) is 2.17. The van der Waals surface area contributed by atoms with Crippen molar-refractivity contribution < 1.29 is 4.99 Å². The summed E-state index contributed by atoms with van der Waals surface area (Å²) in [6.45, 7) is 3.46. The van der Waals surface area contributed by atoms with Gasteiger partial charge < -0.3 is 0 Å². The van der Waals surface area contributed by atoms with Gasteiger partial charge in [0.2, 0.25) is 0 Å². The molecule has 0 radical (unpaired) electrons. The average Bonchev–Trinajstić information content (AvgIpc) is 1.91. The summed E-state index contributed by atoms with van der Waals surface area (Å²) in [6.07, 6.45) is 6.69. The molecule has 0 saturated heterocycles. The predicted molar refractivity (Wildman–Crippen MR) is 39.6 cm³/mol. The van der Waals surface area contributed by atoms with Crippen LogP contribution in [-0.4, -0.2) is 12.3 Å². The van der Waals surface area contributed by atoms with Crippen LogP contribution in [0.15, 0.2) is 0 Å². The molecule has 0 amide bonds. The zero-order valence-electron chi connectivity index (χ0n) is 6.24. The van der Waals surface area contributed by atoms with Gasteiger partial charge in [-0.25, -0.2) is 4.99 Å². The zero-order valence-corrected chi connectivity index (χ0v) is 6.24. The molecule has 1 heterocycles. The lowest BCUT2D eigenvalue weighted by Crippen LogP contribution is -2.74. The van der Waals surface area contributed by atoms with Crippen molar-refractivity contribution in [2.45, 2.75) is 39.0 Å². The number of hydrogen-bond acceptors (Lipinski definition) is 0. The first-order chi connectivity index (χ1) is 4.43. The first-order valence-corrected chi connectivity index (χ1v) is 4.02. The van der Waals surface area contributed by atoms with E-state index in [0.717, 1.165) is 0 Å². The summed E-state index contributed by atoms with van der Waals surface area (Å²) in [4.78, 5) is 3.44. The van der Waals surface area contributed by atoms with Crippen LogP contribution in [0.5, 0.6) is 0 Å². The normalized spacial score (nSPS) is 19.4. The maximum absolute atomic E-state index is 3.44. The molecule has 0 saturated carbocycles. The van der Waals surface area contributed by atoms with Crippen molar-refractivity contribution in [2.24, 2.45) is 0 Å². The molecular weight excluding hydrogens is 110 g/mol. The highest BCUT2D eigenvalue weighted by Crippen LogP contribution is 2.00. The molecule has 0 aliphatic carbocycles. The third-order valence-corrected chi connectivity index (χ3v) is 1.83. The summed E-state index contributed by atoms with van der Waals surface area (Å²) in [6, 6.07) is 0. The van der Waals surface area contributed by atoms with Gasteiger partial charge in [-0.05, 0) is 12.8 Å². The van der Waals surface area contributed by atoms with E-state index in [1.54, 1.807) is 5.71 Å². The highest BCUT2D eigenvalue weighted by Gasteiger charge is 2.08. The van der Waals surface area contributed by atoms with E-state index in [2.05, 4.69) is 11.9 Å². The Kier molecular flexibility index (Phi) is 2.75. The van der Waals surface area contributed by atoms with Gasteiger partial charge in [0.1, 0.15) is 6.54 Å². The maximum Gasteiger partial charge on any atom is 0.150 e. The molecule has 0 aromatic carbocycles. The van der Waals surface area contributed by atoms with E-state index in [0.29, 0.717) is 0 Å². The first kappa shape index (κ1) is 6.79. The molecule has 1 nitrogen and oxygen atoms in total. The highest BCUT2D eigenvalue weighted by molar-refractivity contribution is 5.78. The van der Waals surface area contributed by atoms with Crippen molar-refractivity contribution in [3.8, 4) is 0 Å². The predicted octanol–water partition coefficient (Wildman–Crippen LogP) is 0.492. The van der Waals surface area contributed by atoms with Crippen molar-refractivity contribution in [1.82, 2.24) is 0 Å². The molecule has 1 N–H and O–H groups in total. The fourth-order valence-electron chi connectivity index (χ4n) is 1.33. The molecule has 0 atom stereocenters. The fourth-order valence-corrected chi connectivity index (χ4v) is 1.33. The van der Waals surface area contributed by atoms with Gasteiger partial charge in [-0.15, -0.1) is 0 Å². The number of hydrogen-bond donors (Lipinski definition) is 1. The summed E-state index contributed by atoms with van der Waals surface area (Å²) >= 11 is 0. The second-order valence-electron chi connectivity index (χ2n) is 2.74. The molecule has 52 valence electrons. The molecular formula is C8H16N+. The summed E-state index contributed by atoms with van der Waals surface area (Å²) in [5.41, 5.74) is 1.59. The lowest BCUT2D eigenvalue weighted by Gasteiger charge is -2.03. The van der Waals surface area contributed by atoms with Crippen molar-refractivity contribution in [1.29, 1.82) is 0 Å². The highest BCUT2D eigenvalue weighted by atomic mass is 14.7. The largest absolute Gasteiger partial charge is 0.249 e. The molecule has 1 rings (SSSR count). The lowest BCUT2D eigenvalue weighted by molar-refractivity contribution is -0.465. The standard InChI is InChI=1S/C8H15N/c1-2-5-8-6-3-4-7-9-8/h2-7H2,1H3/p+1. The van der Waals surface area contributed by atoms with E-state index in [-0.39, 0.29) is 0 Å². The summed E-state index contributed by atoms with van der Waals surface area (Å²) in [5, 5.41) is 0. The van der Waals surface area contributed by atoms with Crippen LogP contribution in [0.2, 0.25) is 0 Å². The lowest BCUT2D eigenvalue weighted by atomic mass is 10.1. The third-order valence-electron chi connectivity index (χ3n) is 1.83. The quantitative estimate of drug-likeness (QED) is 0.553.